The summed E-state index contributed by atoms with van der Waals surface area (Å²) in [6.45, 7) is 2.02. The quantitative estimate of drug-likeness (QED) is 0.777. The molecule has 0 heterocycles. The summed E-state index contributed by atoms with van der Waals surface area (Å²) in [5, 5.41) is 0. The van der Waals surface area contributed by atoms with Gasteiger partial charge in [-0.3, -0.25) is 4.79 Å². The Bertz CT molecular complexity index is 584. The lowest BCUT2D eigenvalue weighted by molar-refractivity contribution is 0.0945. The summed E-state index contributed by atoms with van der Waals surface area (Å²) in [7, 11) is 0. The molecule has 0 aromatic heterocycles. The van der Waals surface area contributed by atoms with Crippen molar-refractivity contribution in [3.05, 3.63) is 70.8 Å². The molecule has 1 heteroatoms. The molecule has 0 unspecified atom stereocenters. The number of Topliss-reactive ketones (excluding diaryl/α,β-unsaturated/α-hetero) is 1. The lowest BCUT2D eigenvalue weighted by atomic mass is 9.96. The van der Waals surface area contributed by atoms with E-state index in [1.54, 1.807) is 0 Å². The minimum Gasteiger partial charge on any atom is -0.294 e. The zero-order chi connectivity index (χ0) is 12.5. The Balaban J connectivity index is 2.00. The third-order valence-electron chi connectivity index (χ3n) is 3.69. The standard InChI is InChI=1S/C17H16O/c1-12-10-14-8-5-9-15(16(14)17(12)18)11-13-6-3-2-4-7-13/h2-9,12H,10-11H2,1H3/t12-/m0/s1. The van der Waals surface area contributed by atoms with E-state index in [2.05, 4.69) is 30.3 Å². The maximum atomic E-state index is 12.2. The van der Waals surface area contributed by atoms with Crippen molar-refractivity contribution in [3.8, 4) is 0 Å². The smallest absolute Gasteiger partial charge is 0.166 e. The van der Waals surface area contributed by atoms with Crippen LogP contribution in [0.15, 0.2) is 48.5 Å². The second kappa shape index (κ2) is 4.41. The Morgan fingerprint density at radius 2 is 1.83 bits per heavy atom. The molecule has 1 nitrogen and oxygen atoms in total. The third kappa shape index (κ3) is 1.86. The minimum absolute atomic E-state index is 0.150. The molecule has 0 N–H and O–H groups in total. The molecule has 90 valence electrons. The van der Waals surface area contributed by atoms with Gasteiger partial charge in [-0.1, -0.05) is 55.5 Å². The molecule has 0 spiro atoms. The van der Waals surface area contributed by atoms with Gasteiger partial charge in [0, 0.05) is 11.5 Å². The van der Waals surface area contributed by atoms with Crippen LogP contribution in [0.25, 0.3) is 0 Å². The summed E-state index contributed by atoms with van der Waals surface area (Å²) in [6.07, 6.45) is 1.75. The molecule has 3 rings (SSSR count). The monoisotopic (exact) mass is 236 g/mol. The van der Waals surface area contributed by atoms with E-state index in [0.717, 1.165) is 18.4 Å². The second-order valence-electron chi connectivity index (χ2n) is 5.08. The highest BCUT2D eigenvalue weighted by molar-refractivity contribution is 6.03. The molecular formula is C17H16O. The summed E-state index contributed by atoms with van der Waals surface area (Å²) in [4.78, 5) is 12.2. The van der Waals surface area contributed by atoms with E-state index < -0.39 is 0 Å². The summed E-state index contributed by atoms with van der Waals surface area (Å²) >= 11 is 0. The molecule has 0 bridgehead atoms. The van der Waals surface area contributed by atoms with Crippen molar-refractivity contribution >= 4 is 5.78 Å². The van der Waals surface area contributed by atoms with Crippen LogP contribution in [0.3, 0.4) is 0 Å². The highest BCUT2D eigenvalue weighted by Crippen LogP contribution is 2.30. The van der Waals surface area contributed by atoms with E-state index in [9.17, 15) is 4.79 Å². The van der Waals surface area contributed by atoms with Crippen molar-refractivity contribution in [1.82, 2.24) is 0 Å². The van der Waals surface area contributed by atoms with Crippen LogP contribution in [-0.2, 0) is 12.8 Å². The number of benzene rings is 2. The van der Waals surface area contributed by atoms with Crippen molar-refractivity contribution in [1.29, 1.82) is 0 Å². The first-order chi connectivity index (χ1) is 8.75. The van der Waals surface area contributed by atoms with Crippen molar-refractivity contribution in [2.75, 3.05) is 0 Å². The van der Waals surface area contributed by atoms with Crippen molar-refractivity contribution in [2.24, 2.45) is 5.92 Å². The number of ketones is 1. The molecule has 0 saturated heterocycles. The van der Waals surface area contributed by atoms with E-state index in [0.29, 0.717) is 5.78 Å². The van der Waals surface area contributed by atoms with Crippen LogP contribution >= 0.6 is 0 Å². The average Bonchev–Trinajstić information content (AvgIpc) is 2.67. The predicted molar refractivity (Wildman–Crippen MR) is 72.9 cm³/mol. The van der Waals surface area contributed by atoms with Gasteiger partial charge in [-0.2, -0.15) is 0 Å². The lowest BCUT2D eigenvalue weighted by Crippen LogP contribution is -2.06. The number of carbonyl (C=O) groups excluding carboxylic acids is 1. The molecule has 0 saturated carbocycles. The fourth-order valence-corrected chi connectivity index (χ4v) is 2.77. The topological polar surface area (TPSA) is 17.1 Å². The molecular weight excluding hydrogens is 220 g/mol. The maximum Gasteiger partial charge on any atom is 0.166 e. The molecule has 0 amide bonds. The average molecular weight is 236 g/mol. The fourth-order valence-electron chi connectivity index (χ4n) is 2.77. The van der Waals surface area contributed by atoms with E-state index in [1.165, 1.54) is 16.7 Å². The van der Waals surface area contributed by atoms with Crippen LogP contribution in [0.4, 0.5) is 0 Å². The fraction of sp³-hybridized carbons (Fsp3) is 0.235. The highest BCUT2D eigenvalue weighted by atomic mass is 16.1. The molecule has 1 aliphatic rings. The Morgan fingerprint density at radius 3 is 2.61 bits per heavy atom. The van der Waals surface area contributed by atoms with Gasteiger partial charge in [-0.05, 0) is 29.5 Å². The maximum absolute atomic E-state index is 12.2. The van der Waals surface area contributed by atoms with Gasteiger partial charge in [-0.25, -0.2) is 0 Å². The first-order valence-corrected chi connectivity index (χ1v) is 6.44. The van der Waals surface area contributed by atoms with Crippen LogP contribution in [0.2, 0.25) is 0 Å². The number of hydrogen-bond acceptors (Lipinski definition) is 1. The zero-order valence-electron chi connectivity index (χ0n) is 10.5. The molecule has 1 aliphatic carbocycles. The van der Waals surface area contributed by atoms with Gasteiger partial charge in [0.1, 0.15) is 0 Å². The van der Waals surface area contributed by atoms with Crippen molar-refractivity contribution < 1.29 is 4.79 Å². The van der Waals surface area contributed by atoms with Gasteiger partial charge < -0.3 is 0 Å². The Hall–Kier alpha value is -1.89. The second-order valence-corrected chi connectivity index (χ2v) is 5.08. The molecule has 0 aliphatic heterocycles. The molecule has 0 radical (unpaired) electrons. The van der Waals surface area contributed by atoms with Crippen LogP contribution in [0, 0.1) is 5.92 Å². The minimum atomic E-state index is 0.150. The molecule has 1 atom stereocenters. The van der Waals surface area contributed by atoms with E-state index in [-0.39, 0.29) is 5.92 Å². The number of hydrogen-bond donors (Lipinski definition) is 0. The normalized spacial score (nSPS) is 17.8. The molecule has 2 aromatic rings. The highest BCUT2D eigenvalue weighted by Gasteiger charge is 2.28. The van der Waals surface area contributed by atoms with E-state index in [4.69, 9.17) is 0 Å². The first-order valence-electron chi connectivity index (χ1n) is 6.44. The van der Waals surface area contributed by atoms with Crippen molar-refractivity contribution in [3.63, 3.8) is 0 Å². The van der Waals surface area contributed by atoms with Crippen LogP contribution < -0.4 is 0 Å². The molecule has 2 aromatic carbocycles. The van der Waals surface area contributed by atoms with E-state index >= 15 is 0 Å². The molecule has 18 heavy (non-hydrogen) atoms. The largest absolute Gasteiger partial charge is 0.294 e. The van der Waals surface area contributed by atoms with Crippen LogP contribution in [0.5, 0.6) is 0 Å². The summed E-state index contributed by atoms with van der Waals surface area (Å²) < 4.78 is 0. The number of fused-ring (bicyclic) bond motifs is 1. The molecule has 0 fully saturated rings. The summed E-state index contributed by atoms with van der Waals surface area (Å²) in [6, 6.07) is 16.6. The van der Waals surface area contributed by atoms with Gasteiger partial charge >= 0.3 is 0 Å². The van der Waals surface area contributed by atoms with Gasteiger partial charge in [0.25, 0.3) is 0 Å². The van der Waals surface area contributed by atoms with Crippen molar-refractivity contribution in [2.45, 2.75) is 19.8 Å². The summed E-state index contributed by atoms with van der Waals surface area (Å²) in [5.41, 5.74) is 4.64. The first kappa shape index (κ1) is 11.2. The summed E-state index contributed by atoms with van der Waals surface area (Å²) in [5.74, 6) is 0.466. The number of carbonyl (C=O) groups is 1. The van der Waals surface area contributed by atoms with Gasteiger partial charge in [0.2, 0.25) is 0 Å². The van der Waals surface area contributed by atoms with Gasteiger partial charge in [-0.15, -0.1) is 0 Å². The SMILES string of the molecule is C[C@H]1Cc2cccc(Cc3ccccc3)c2C1=O. The van der Waals surface area contributed by atoms with E-state index in [1.807, 2.05) is 25.1 Å². The third-order valence-corrected chi connectivity index (χ3v) is 3.69. The van der Waals surface area contributed by atoms with Gasteiger partial charge in [0.05, 0.1) is 0 Å². The zero-order valence-corrected chi connectivity index (χ0v) is 10.5. The number of rotatable bonds is 2. The Labute approximate surface area is 107 Å². The lowest BCUT2D eigenvalue weighted by Gasteiger charge is -2.07. The van der Waals surface area contributed by atoms with Crippen LogP contribution in [-0.4, -0.2) is 5.78 Å². The van der Waals surface area contributed by atoms with Crippen LogP contribution in [0.1, 0.15) is 34.0 Å². The predicted octanol–water partition coefficient (Wildman–Crippen LogP) is 3.65. The Morgan fingerprint density at radius 1 is 1.06 bits per heavy atom. The Kier molecular flexibility index (Phi) is 2.75. The van der Waals surface area contributed by atoms with Gasteiger partial charge in [0.15, 0.2) is 5.78 Å².